The Morgan fingerprint density at radius 2 is 2.00 bits per heavy atom. The molecular weight excluding hydrogens is 276 g/mol. The summed E-state index contributed by atoms with van der Waals surface area (Å²) in [5, 5.41) is 14.4. The Balaban J connectivity index is 1.88. The number of aromatic nitrogens is 2. The van der Waals surface area contributed by atoms with Crippen molar-refractivity contribution in [3.8, 4) is 0 Å². The summed E-state index contributed by atoms with van der Waals surface area (Å²) in [6.45, 7) is 0.238. The zero-order valence-corrected chi connectivity index (χ0v) is 11.7. The van der Waals surface area contributed by atoms with Crippen LogP contribution >= 0.6 is 0 Å². The third kappa shape index (κ3) is 2.72. The van der Waals surface area contributed by atoms with E-state index in [1.807, 2.05) is 10.9 Å². The second kappa shape index (κ2) is 5.60. The molecule has 1 fully saturated rings. The molecule has 0 unspecified atom stereocenters. The number of halogens is 2. The van der Waals surface area contributed by atoms with Gasteiger partial charge in [-0.1, -0.05) is 0 Å². The third-order valence-electron chi connectivity index (χ3n) is 4.41. The van der Waals surface area contributed by atoms with Crippen molar-refractivity contribution in [2.75, 3.05) is 12.3 Å². The van der Waals surface area contributed by atoms with Gasteiger partial charge in [0.05, 0.1) is 11.6 Å². The highest BCUT2D eigenvalue weighted by molar-refractivity contribution is 5.83. The van der Waals surface area contributed by atoms with Crippen molar-refractivity contribution >= 4 is 16.6 Å². The monoisotopic (exact) mass is 295 g/mol. The van der Waals surface area contributed by atoms with E-state index < -0.39 is 6.43 Å². The molecule has 1 aromatic heterocycles. The molecule has 0 saturated heterocycles. The van der Waals surface area contributed by atoms with Crippen LogP contribution in [0.4, 0.5) is 14.5 Å². The summed E-state index contributed by atoms with van der Waals surface area (Å²) in [7, 11) is 0. The maximum absolute atomic E-state index is 12.9. The van der Waals surface area contributed by atoms with E-state index in [0.29, 0.717) is 11.4 Å². The number of rotatable bonds is 3. The Labute approximate surface area is 121 Å². The van der Waals surface area contributed by atoms with Crippen LogP contribution in [0.5, 0.6) is 0 Å². The normalized spacial score (nSPS) is 23.0. The molecule has 0 radical (unpaired) electrons. The van der Waals surface area contributed by atoms with Gasteiger partial charge < -0.3 is 10.8 Å². The second-order valence-electron chi connectivity index (χ2n) is 5.81. The van der Waals surface area contributed by atoms with E-state index in [-0.39, 0.29) is 23.9 Å². The number of nitrogens with zero attached hydrogens (tertiary/aromatic N) is 2. The first kappa shape index (κ1) is 14.3. The minimum Gasteiger partial charge on any atom is -0.398 e. The highest BCUT2D eigenvalue weighted by atomic mass is 19.3. The van der Waals surface area contributed by atoms with Crippen molar-refractivity contribution in [3.63, 3.8) is 0 Å². The Morgan fingerprint density at radius 1 is 1.29 bits per heavy atom. The summed E-state index contributed by atoms with van der Waals surface area (Å²) in [5.41, 5.74) is 6.18. The number of fused-ring (bicyclic) bond motifs is 1. The van der Waals surface area contributed by atoms with E-state index in [1.165, 1.54) is 6.07 Å². The number of aliphatic hydroxyl groups is 1. The average molecular weight is 295 g/mol. The summed E-state index contributed by atoms with van der Waals surface area (Å²) in [4.78, 5) is 0. The van der Waals surface area contributed by atoms with Crippen molar-refractivity contribution in [2.24, 2.45) is 5.92 Å². The van der Waals surface area contributed by atoms with Crippen LogP contribution in [0.1, 0.15) is 43.7 Å². The number of alkyl halides is 2. The lowest BCUT2D eigenvalue weighted by Crippen LogP contribution is -2.20. The molecule has 0 amide bonds. The predicted octanol–water partition coefficient (Wildman–Crippen LogP) is 3.28. The third-order valence-corrected chi connectivity index (χ3v) is 4.41. The topological polar surface area (TPSA) is 64.1 Å². The van der Waals surface area contributed by atoms with E-state index >= 15 is 0 Å². The smallest absolute Gasteiger partial charge is 0.265 e. The first-order valence-corrected chi connectivity index (χ1v) is 7.25. The fourth-order valence-electron chi connectivity index (χ4n) is 3.09. The van der Waals surface area contributed by atoms with Crippen LogP contribution in [-0.2, 0) is 0 Å². The van der Waals surface area contributed by atoms with Crippen molar-refractivity contribution < 1.29 is 13.9 Å². The Hall–Kier alpha value is -1.69. The van der Waals surface area contributed by atoms with E-state index in [2.05, 4.69) is 5.10 Å². The number of hydrogen-bond donors (Lipinski definition) is 2. The van der Waals surface area contributed by atoms with Gasteiger partial charge in [-0.15, -0.1) is 0 Å². The quantitative estimate of drug-likeness (QED) is 0.854. The molecule has 1 aliphatic carbocycles. The summed E-state index contributed by atoms with van der Waals surface area (Å²) >= 11 is 0. The molecule has 0 aliphatic heterocycles. The number of nitrogens with two attached hydrogens (primary N) is 1. The molecule has 0 bridgehead atoms. The van der Waals surface area contributed by atoms with E-state index in [1.54, 1.807) is 6.07 Å². The lowest BCUT2D eigenvalue weighted by Gasteiger charge is -2.27. The highest BCUT2D eigenvalue weighted by Gasteiger charge is 2.23. The Morgan fingerprint density at radius 3 is 2.62 bits per heavy atom. The number of hydrogen-bond acceptors (Lipinski definition) is 3. The number of aliphatic hydroxyl groups excluding tert-OH is 1. The van der Waals surface area contributed by atoms with Gasteiger partial charge >= 0.3 is 0 Å². The van der Waals surface area contributed by atoms with Crippen LogP contribution in [0.2, 0.25) is 0 Å². The summed E-state index contributed by atoms with van der Waals surface area (Å²) in [6.07, 6.45) is 3.15. The molecule has 2 aromatic rings. The van der Waals surface area contributed by atoms with Gasteiger partial charge in [-0.2, -0.15) is 5.10 Å². The van der Waals surface area contributed by atoms with Crippen LogP contribution in [0.15, 0.2) is 18.3 Å². The first-order chi connectivity index (χ1) is 10.1. The molecule has 21 heavy (non-hydrogen) atoms. The van der Waals surface area contributed by atoms with Gasteiger partial charge in [0.2, 0.25) is 0 Å². The molecular formula is C15H19F2N3O. The van der Waals surface area contributed by atoms with Crippen molar-refractivity contribution in [3.05, 3.63) is 23.9 Å². The summed E-state index contributed by atoms with van der Waals surface area (Å²) in [6, 6.07) is 3.22. The van der Waals surface area contributed by atoms with Crippen LogP contribution in [0.3, 0.4) is 0 Å². The van der Waals surface area contributed by atoms with Crippen LogP contribution in [0.25, 0.3) is 10.9 Å². The van der Waals surface area contributed by atoms with Gasteiger partial charge in [0.15, 0.2) is 0 Å². The molecule has 0 spiro atoms. The molecule has 1 aliphatic rings. The molecule has 1 heterocycles. The number of benzene rings is 1. The zero-order chi connectivity index (χ0) is 15.0. The van der Waals surface area contributed by atoms with Gasteiger partial charge in [-0.25, -0.2) is 8.78 Å². The Bertz CT molecular complexity index is 633. The standard InChI is InChI=1S/C15H19F2N3O/c16-15(17)12-6-14-10(5-13(12)18)7-20(19-14)11-3-1-9(8-21)2-4-11/h5-7,9,11,15,21H,1-4,8,18H2. The summed E-state index contributed by atoms with van der Waals surface area (Å²) < 4.78 is 27.6. The van der Waals surface area contributed by atoms with Gasteiger partial charge in [-0.05, 0) is 43.7 Å². The van der Waals surface area contributed by atoms with Gasteiger partial charge in [0, 0.05) is 29.4 Å². The highest BCUT2D eigenvalue weighted by Crippen LogP contribution is 2.34. The van der Waals surface area contributed by atoms with E-state index in [4.69, 9.17) is 10.8 Å². The second-order valence-corrected chi connectivity index (χ2v) is 5.81. The predicted molar refractivity (Wildman–Crippen MR) is 77.2 cm³/mol. The van der Waals surface area contributed by atoms with E-state index in [9.17, 15) is 8.78 Å². The van der Waals surface area contributed by atoms with Crippen molar-refractivity contribution in [2.45, 2.75) is 38.2 Å². The average Bonchev–Trinajstić information content (AvgIpc) is 2.89. The molecule has 0 atom stereocenters. The van der Waals surface area contributed by atoms with Crippen molar-refractivity contribution in [1.82, 2.24) is 9.78 Å². The van der Waals surface area contributed by atoms with Gasteiger partial charge in [0.1, 0.15) is 0 Å². The maximum Gasteiger partial charge on any atom is 0.265 e. The molecule has 1 aromatic carbocycles. The minimum absolute atomic E-state index is 0.112. The van der Waals surface area contributed by atoms with Crippen molar-refractivity contribution in [1.29, 1.82) is 0 Å². The van der Waals surface area contributed by atoms with Gasteiger partial charge in [-0.3, -0.25) is 4.68 Å². The zero-order valence-electron chi connectivity index (χ0n) is 11.7. The van der Waals surface area contributed by atoms with Gasteiger partial charge in [0.25, 0.3) is 6.43 Å². The SMILES string of the molecule is Nc1cc2cn(C3CCC(CO)CC3)nc2cc1C(F)F. The molecule has 114 valence electrons. The lowest BCUT2D eigenvalue weighted by molar-refractivity contribution is 0.152. The fraction of sp³-hybridized carbons (Fsp3) is 0.533. The van der Waals surface area contributed by atoms with E-state index in [0.717, 1.165) is 31.1 Å². The minimum atomic E-state index is -2.58. The van der Waals surface area contributed by atoms with Crippen LogP contribution < -0.4 is 5.73 Å². The molecule has 6 heteroatoms. The molecule has 4 nitrogen and oxygen atoms in total. The number of nitrogen functional groups attached to an aromatic ring is 1. The molecule has 1 saturated carbocycles. The fourth-order valence-corrected chi connectivity index (χ4v) is 3.09. The number of anilines is 1. The van der Waals surface area contributed by atoms with Crippen LogP contribution in [-0.4, -0.2) is 21.5 Å². The first-order valence-electron chi connectivity index (χ1n) is 7.25. The Kier molecular flexibility index (Phi) is 3.80. The maximum atomic E-state index is 12.9. The lowest BCUT2D eigenvalue weighted by atomic mass is 9.87. The van der Waals surface area contributed by atoms with Crippen LogP contribution in [0, 0.1) is 5.92 Å². The largest absolute Gasteiger partial charge is 0.398 e. The summed E-state index contributed by atoms with van der Waals surface area (Å²) in [5.74, 6) is 0.382. The molecule has 3 rings (SSSR count). The molecule has 3 N–H and O–H groups in total.